The molecule has 3 rings (SSSR count). The third-order valence-corrected chi connectivity index (χ3v) is 4.87. The highest BCUT2D eigenvalue weighted by atomic mass is 19.4. The number of alkyl halides is 3. The summed E-state index contributed by atoms with van der Waals surface area (Å²) in [6.07, 6.45) is -4.48. The van der Waals surface area contributed by atoms with Gasteiger partial charge in [-0.3, -0.25) is 10.1 Å². The molecular weight excluding hydrogens is 321 g/mol. The van der Waals surface area contributed by atoms with E-state index in [-0.39, 0.29) is 36.1 Å². The first-order valence-electron chi connectivity index (χ1n) is 7.91. The summed E-state index contributed by atoms with van der Waals surface area (Å²) in [5, 5.41) is 7.98. The maximum absolute atomic E-state index is 12.7. The van der Waals surface area contributed by atoms with Crippen LogP contribution in [0.2, 0.25) is 0 Å². The number of carbonyl (C=O) groups is 1. The number of hydrazine groups is 1. The van der Waals surface area contributed by atoms with Gasteiger partial charge in [0.25, 0.3) is 0 Å². The average Bonchev–Trinajstić information content (AvgIpc) is 2.82. The largest absolute Gasteiger partial charge is 0.416 e. The van der Waals surface area contributed by atoms with Gasteiger partial charge >= 0.3 is 6.18 Å². The Morgan fingerprint density at radius 3 is 2.42 bits per heavy atom. The lowest BCUT2D eigenvalue weighted by molar-refractivity contribution is -0.137. The summed E-state index contributed by atoms with van der Waals surface area (Å²) < 4.78 is 38.1. The summed E-state index contributed by atoms with van der Waals surface area (Å²) in [7, 11) is 1.80. The average molecular weight is 342 g/mol. The molecule has 2 saturated heterocycles. The highest BCUT2D eigenvalue weighted by Gasteiger charge is 2.49. The minimum absolute atomic E-state index is 0.0524. The van der Waals surface area contributed by atoms with E-state index >= 15 is 0 Å². The van der Waals surface area contributed by atoms with E-state index in [1.54, 1.807) is 12.1 Å². The van der Waals surface area contributed by atoms with E-state index in [0.29, 0.717) is 0 Å². The zero-order valence-corrected chi connectivity index (χ0v) is 13.7. The first-order valence-corrected chi connectivity index (χ1v) is 7.91. The van der Waals surface area contributed by atoms with Crippen molar-refractivity contribution in [1.82, 2.24) is 21.1 Å². The lowest BCUT2D eigenvalue weighted by Gasteiger charge is -2.35. The van der Waals surface area contributed by atoms with E-state index in [2.05, 4.69) is 16.1 Å². The number of likely N-dealkylation sites (N-methyl/N-ethyl adjacent to an activating group) is 1. The van der Waals surface area contributed by atoms with E-state index in [1.165, 1.54) is 12.1 Å². The minimum atomic E-state index is -4.34. The lowest BCUT2D eigenvalue weighted by atomic mass is 9.86. The minimum Gasteiger partial charge on any atom is -0.340 e. The molecule has 1 aromatic rings. The first-order chi connectivity index (χ1) is 11.2. The van der Waals surface area contributed by atoms with Gasteiger partial charge in [-0.05, 0) is 30.5 Å². The van der Waals surface area contributed by atoms with Crippen LogP contribution >= 0.6 is 0 Å². The van der Waals surface area contributed by atoms with Crippen LogP contribution in [-0.2, 0) is 11.0 Å². The Kier molecular flexibility index (Phi) is 4.31. The summed E-state index contributed by atoms with van der Waals surface area (Å²) in [5.74, 6) is -0.112. The highest BCUT2D eigenvalue weighted by Crippen LogP contribution is 2.33. The molecule has 24 heavy (non-hydrogen) atoms. The Bertz CT molecular complexity index is 619. The normalized spacial score (nSPS) is 32.3. The smallest absolute Gasteiger partial charge is 0.340 e. The number of benzene rings is 1. The van der Waals surface area contributed by atoms with Crippen LogP contribution in [0.4, 0.5) is 13.2 Å². The molecule has 1 amide bonds. The fourth-order valence-electron chi connectivity index (χ4n) is 3.60. The first kappa shape index (κ1) is 17.2. The second kappa shape index (κ2) is 6.02. The van der Waals surface area contributed by atoms with Crippen molar-refractivity contribution >= 4 is 5.91 Å². The number of hydrogen-bond donors (Lipinski definition) is 3. The number of nitrogens with one attached hydrogen (secondary N) is 3. The van der Waals surface area contributed by atoms with Crippen LogP contribution in [0.15, 0.2) is 24.3 Å². The van der Waals surface area contributed by atoms with Gasteiger partial charge in [0.2, 0.25) is 5.91 Å². The van der Waals surface area contributed by atoms with Crippen LogP contribution in [0.5, 0.6) is 0 Å². The highest BCUT2D eigenvalue weighted by molar-refractivity contribution is 5.84. The Morgan fingerprint density at radius 1 is 1.21 bits per heavy atom. The Morgan fingerprint density at radius 2 is 1.83 bits per heavy atom. The van der Waals surface area contributed by atoms with Crippen molar-refractivity contribution in [3.05, 3.63) is 35.4 Å². The molecule has 0 spiro atoms. The number of hydrogen-bond acceptors (Lipinski definition) is 4. The van der Waals surface area contributed by atoms with Crippen LogP contribution in [0.25, 0.3) is 0 Å². The maximum Gasteiger partial charge on any atom is 0.416 e. The van der Waals surface area contributed by atoms with Crippen LogP contribution in [-0.4, -0.2) is 42.3 Å². The quantitative estimate of drug-likeness (QED) is 0.761. The van der Waals surface area contributed by atoms with Crippen molar-refractivity contribution in [2.45, 2.75) is 50.2 Å². The third kappa shape index (κ3) is 3.01. The molecule has 0 radical (unpaired) electrons. The molecule has 8 heteroatoms. The molecule has 3 N–H and O–H groups in total. The SMILES string of the molecule is CC1NC(=O)C2C(N1)C(C(C)c1ccc(C(F)(F)F)cc1)NN2C. The van der Waals surface area contributed by atoms with Crippen molar-refractivity contribution in [3.8, 4) is 0 Å². The lowest BCUT2D eigenvalue weighted by Crippen LogP contribution is -2.65. The van der Waals surface area contributed by atoms with E-state index in [4.69, 9.17) is 0 Å². The molecule has 1 aromatic carbocycles. The Hall–Kier alpha value is -1.64. The summed E-state index contributed by atoms with van der Waals surface area (Å²) in [4.78, 5) is 12.2. The summed E-state index contributed by atoms with van der Waals surface area (Å²) >= 11 is 0. The van der Waals surface area contributed by atoms with Gasteiger partial charge in [0.1, 0.15) is 6.04 Å². The molecule has 0 aliphatic carbocycles. The molecule has 132 valence electrons. The zero-order valence-electron chi connectivity index (χ0n) is 13.7. The number of fused-ring (bicyclic) bond motifs is 1. The Labute approximate surface area is 138 Å². The molecule has 5 atom stereocenters. The van der Waals surface area contributed by atoms with Gasteiger partial charge in [0.05, 0.1) is 17.8 Å². The van der Waals surface area contributed by atoms with Gasteiger partial charge in [-0.1, -0.05) is 19.1 Å². The molecule has 2 aliphatic rings. The fourth-order valence-corrected chi connectivity index (χ4v) is 3.60. The summed E-state index contributed by atoms with van der Waals surface area (Å²) in [6, 6.07) is 4.67. The monoisotopic (exact) mass is 342 g/mol. The van der Waals surface area contributed by atoms with Crippen molar-refractivity contribution < 1.29 is 18.0 Å². The molecule has 2 fully saturated rings. The van der Waals surface area contributed by atoms with Crippen molar-refractivity contribution in [3.63, 3.8) is 0 Å². The maximum atomic E-state index is 12.7. The molecule has 0 bridgehead atoms. The standard InChI is InChI=1S/C16H21F3N4O/c1-8(10-4-6-11(7-5-10)16(17,18)19)12-13-14(23(3)22-12)15(24)21-9(2)20-13/h4-9,12-14,20,22H,1-3H3,(H,21,24). The van der Waals surface area contributed by atoms with Crippen molar-refractivity contribution in [1.29, 1.82) is 0 Å². The summed E-state index contributed by atoms with van der Waals surface area (Å²) in [6.45, 7) is 3.82. The van der Waals surface area contributed by atoms with Crippen molar-refractivity contribution in [2.75, 3.05) is 7.05 Å². The van der Waals surface area contributed by atoms with Crippen LogP contribution in [0.3, 0.4) is 0 Å². The number of carbonyl (C=O) groups excluding carboxylic acids is 1. The van der Waals surface area contributed by atoms with Gasteiger partial charge in [-0.15, -0.1) is 0 Å². The molecule has 2 aliphatic heterocycles. The van der Waals surface area contributed by atoms with E-state index in [9.17, 15) is 18.0 Å². The molecule has 0 aromatic heterocycles. The van der Waals surface area contributed by atoms with E-state index in [1.807, 2.05) is 13.8 Å². The van der Waals surface area contributed by atoms with Crippen LogP contribution in [0, 0.1) is 0 Å². The molecule has 5 nitrogen and oxygen atoms in total. The molecular formula is C16H21F3N4O. The number of rotatable bonds is 2. The number of halogens is 3. The van der Waals surface area contributed by atoms with E-state index in [0.717, 1.165) is 17.7 Å². The second-order valence-electron chi connectivity index (χ2n) is 6.54. The molecule has 0 saturated carbocycles. The van der Waals surface area contributed by atoms with Gasteiger partial charge in [-0.2, -0.15) is 13.2 Å². The number of nitrogens with zero attached hydrogens (tertiary/aromatic N) is 1. The van der Waals surface area contributed by atoms with Gasteiger partial charge < -0.3 is 5.32 Å². The van der Waals surface area contributed by atoms with Gasteiger partial charge in [0.15, 0.2) is 0 Å². The molecule has 5 unspecified atom stereocenters. The van der Waals surface area contributed by atoms with E-state index < -0.39 is 11.7 Å². The van der Waals surface area contributed by atoms with Crippen molar-refractivity contribution in [2.24, 2.45) is 0 Å². The third-order valence-electron chi connectivity index (χ3n) is 4.87. The Balaban J connectivity index is 1.82. The fraction of sp³-hybridized carbons (Fsp3) is 0.562. The predicted molar refractivity (Wildman–Crippen MR) is 82.9 cm³/mol. The van der Waals surface area contributed by atoms with Crippen LogP contribution < -0.4 is 16.1 Å². The zero-order chi connectivity index (χ0) is 17.6. The topological polar surface area (TPSA) is 56.4 Å². The van der Waals surface area contributed by atoms with Gasteiger partial charge in [-0.25, -0.2) is 10.4 Å². The second-order valence-corrected chi connectivity index (χ2v) is 6.54. The molecule has 2 heterocycles. The summed E-state index contributed by atoms with van der Waals surface area (Å²) in [5.41, 5.74) is 3.42. The predicted octanol–water partition coefficient (Wildman–Crippen LogP) is 1.43. The van der Waals surface area contributed by atoms with Crippen LogP contribution in [0.1, 0.15) is 30.9 Å². The van der Waals surface area contributed by atoms with Gasteiger partial charge in [0, 0.05) is 13.1 Å². The number of amides is 1.